The van der Waals surface area contributed by atoms with Crippen molar-refractivity contribution in [3.05, 3.63) is 16.3 Å². The Labute approximate surface area is 138 Å². The van der Waals surface area contributed by atoms with Gasteiger partial charge in [0, 0.05) is 25.9 Å². The van der Waals surface area contributed by atoms with E-state index >= 15 is 0 Å². The molecule has 2 saturated heterocycles. The number of amides is 1. The highest BCUT2D eigenvalue weighted by Crippen LogP contribution is 2.31. The van der Waals surface area contributed by atoms with Gasteiger partial charge < -0.3 is 19.5 Å². The van der Waals surface area contributed by atoms with Gasteiger partial charge in [0.2, 0.25) is 5.91 Å². The molecule has 1 spiro atoms. The van der Waals surface area contributed by atoms with Crippen LogP contribution in [0.3, 0.4) is 0 Å². The first kappa shape index (κ1) is 16.4. The molecule has 126 valence electrons. The molecule has 0 aliphatic carbocycles. The largest absolute Gasteiger partial charge is 0.465 e. The molecule has 0 radical (unpaired) electrons. The van der Waals surface area contributed by atoms with Crippen LogP contribution in [0.15, 0.2) is 11.4 Å². The predicted molar refractivity (Wildman–Crippen MR) is 84.6 cm³/mol. The topological polar surface area (TPSA) is 77.1 Å². The van der Waals surface area contributed by atoms with Gasteiger partial charge in [0.1, 0.15) is 4.88 Å². The van der Waals surface area contributed by atoms with E-state index in [1.165, 1.54) is 18.4 Å². The Bertz CT molecular complexity index is 572. The van der Waals surface area contributed by atoms with E-state index in [0.717, 1.165) is 25.9 Å². The van der Waals surface area contributed by atoms with Crippen molar-refractivity contribution in [2.45, 2.75) is 18.6 Å². The molecular weight excluding hydrogens is 320 g/mol. The van der Waals surface area contributed by atoms with Gasteiger partial charge in [-0.3, -0.25) is 9.69 Å². The Hall–Kier alpha value is -1.48. The van der Waals surface area contributed by atoms with Crippen LogP contribution in [0.5, 0.6) is 0 Å². The number of nitrogens with one attached hydrogen (secondary N) is 1. The number of piperidine rings is 1. The summed E-state index contributed by atoms with van der Waals surface area (Å²) in [5, 5.41) is 4.53. The number of carbonyl (C=O) groups is 2. The van der Waals surface area contributed by atoms with Crippen molar-refractivity contribution in [3.63, 3.8) is 0 Å². The molecule has 3 heterocycles. The number of methoxy groups -OCH3 is 1. The summed E-state index contributed by atoms with van der Waals surface area (Å²) in [4.78, 5) is 26.3. The molecule has 2 aliphatic rings. The number of nitrogens with zero attached hydrogens (tertiary/aromatic N) is 1. The van der Waals surface area contributed by atoms with Gasteiger partial charge in [-0.15, -0.1) is 11.3 Å². The van der Waals surface area contributed by atoms with Crippen LogP contribution >= 0.6 is 11.3 Å². The third-order valence-electron chi connectivity index (χ3n) is 4.11. The van der Waals surface area contributed by atoms with Crippen molar-refractivity contribution >= 4 is 28.9 Å². The lowest BCUT2D eigenvalue weighted by Crippen LogP contribution is -2.47. The molecule has 1 amide bonds. The van der Waals surface area contributed by atoms with Gasteiger partial charge in [-0.2, -0.15) is 0 Å². The summed E-state index contributed by atoms with van der Waals surface area (Å²) in [6, 6.07) is 1.71. The standard InChI is InChI=1S/C15H20N2O5S/c1-20-14(19)13-11(2-9-23-13)16-12(18)10-17-5-3-15(4-6-17)21-7-8-22-15/h2,9H,3-8,10H2,1H3,(H,16,18). The van der Waals surface area contributed by atoms with Crippen LogP contribution in [0.25, 0.3) is 0 Å². The first-order chi connectivity index (χ1) is 11.1. The zero-order chi connectivity index (χ0) is 16.3. The summed E-state index contributed by atoms with van der Waals surface area (Å²) in [5.41, 5.74) is 0.503. The van der Waals surface area contributed by atoms with Crippen LogP contribution in [0.2, 0.25) is 0 Å². The third kappa shape index (κ3) is 3.72. The average molecular weight is 340 g/mol. The quantitative estimate of drug-likeness (QED) is 0.833. The zero-order valence-corrected chi connectivity index (χ0v) is 13.8. The molecule has 7 nitrogen and oxygen atoms in total. The Morgan fingerprint density at radius 3 is 2.70 bits per heavy atom. The Morgan fingerprint density at radius 2 is 2.04 bits per heavy atom. The van der Waals surface area contributed by atoms with Crippen molar-refractivity contribution in [2.24, 2.45) is 0 Å². The Morgan fingerprint density at radius 1 is 1.35 bits per heavy atom. The second-order valence-electron chi connectivity index (χ2n) is 5.59. The summed E-state index contributed by atoms with van der Waals surface area (Å²) in [6.07, 6.45) is 1.54. The van der Waals surface area contributed by atoms with E-state index in [1.54, 1.807) is 11.4 Å². The number of hydrogen-bond donors (Lipinski definition) is 1. The van der Waals surface area contributed by atoms with Crippen molar-refractivity contribution in [1.82, 2.24) is 4.90 Å². The first-order valence-corrected chi connectivity index (χ1v) is 8.46. The number of hydrogen-bond acceptors (Lipinski definition) is 7. The highest BCUT2D eigenvalue weighted by Gasteiger charge is 2.39. The van der Waals surface area contributed by atoms with E-state index in [-0.39, 0.29) is 12.5 Å². The molecule has 2 fully saturated rings. The van der Waals surface area contributed by atoms with Crippen LogP contribution in [0.4, 0.5) is 5.69 Å². The number of anilines is 1. The first-order valence-electron chi connectivity index (χ1n) is 7.58. The number of likely N-dealkylation sites (tertiary alicyclic amines) is 1. The molecule has 8 heteroatoms. The maximum absolute atomic E-state index is 12.2. The minimum atomic E-state index is -0.439. The molecule has 0 unspecified atom stereocenters. The van der Waals surface area contributed by atoms with Crippen LogP contribution in [-0.2, 0) is 19.0 Å². The molecule has 0 saturated carbocycles. The SMILES string of the molecule is COC(=O)c1sccc1NC(=O)CN1CCC2(CC1)OCCO2. The van der Waals surface area contributed by atoms with E-state index in [1.807, 2.05) is 0 Å². The second kappa shape index (κ2) is 6.96. The van der Waals surface area contributed by atoms with Gasteiger partial charge in [-0.25, -0.2) is 4.79 Å². The van der Waals surface area contributed by atoms with Gasteiger partial charge in [0.15, 0.2) is 5.79 Å². The summed E-state index contributed by atoms with van der Waals surface area (Å²) in [5.74, 6) is -1.01. The van der Waals surface area contributed by atoms with E-state index in [2.05, 4.69) is 10.2 Å². The third-order valence-corrected chi connectivity index (χ3v) is 5.00. The predicted octanol–water partition coefficient (Wildman–Crippen LogP) is 1.31. The molecule has 1 aromatic heterocycles. The van der Waals surface area contributed by atoms with Gasteiger partial charge in [0.05, 0.1) is 32.6 Å². The van der Waals surface area contributed by atoms with Gasteiger partial charge >= 0.3 is 5.97 Å². The summed E-state index contributed by atoms with van der Waals surface area (Å²) in [6.45, 7) is 3.08. The number of esters is 1. The number of carbonyl (C=O) groups excluding carboxylic acids is 2. The summed E-state index contributed by atoms with van der Waals surface area (Å²) < 4.78 is 16.1. The monoisotopic (exact) mass is 340 g/mol. The molecule has 0 bridgehead atoms. The fourth-order valence-corrected chi connectivity index (χ4v) is 3.65. The molecular formula is C15H20N2O5S. The molecule has 1 N–H and O–H groups in total. The molecule has 2 aliphatic heterocycles. The fraction of sp³-hybridized carbons (Fsp3) is 0.600. The number of rotatable bonds is 4. The van der Waals surface area contributed by atoms with Crippen molar-refractivity contribution in [1.29, 1.82) is 0 Å². The Balaban J connectivity index is 1.50. The van der Waals surface area contributed by atoms with Gasteiger partial charge in [0.25, 0.3) is 0 Å². The van der Waals surface area contributed by atoms with Crippen molar-refractivity contribution in [2.75, 3.05) is 45.3 Å². The van der Waals surface area contributed by atoms with E-state index in [9.17, 15) is 9.59 Å². The lowest BCUT2D eigenvalue weighted by atomic mass is 10.0. The fourth-order valence-electron chi connectivity index (χ4n) is 2.89. The minimum absolute atomic E-state index is 0.141. The highest BCUT2D eigenvalue weighted by molar-refractivity contribution is 7.12. The van der Waals surface area contributed by atoms with Crippen LogP contribution < -0.4 is 5.32 Å². The lowest BCUT2D eigenvalue weighted by Gasteiger charge is -2.37. The molecule has 0 atom stereocenters. The zero-order valence-electron chi connectivity index (χ0n) is 13.0. The smallest absolute Gasteiger partial charge is 0.350 e. The minimum Gasteiger partial charge on any atom is -0.465 e. The summed E-state index contributed by atoms with van der Waals surface area (Å²) >= 11 is 1.25. The highest BCUT2D eigenvalue weighted by atomic mass is 32.1. The number of thiophene rings is 1. The maximum Gasteiger partial charge on any atom is 0.350 e. The van der Waals surface area contributed by atoms with Crippen molar-refractivity contribution in [3.8, 4) is 0 Å². The molecule has 0 aromatic carbocycles. The van der Waals surface area contributed by atoms with E-state index in [4.69, 9.17) is 14.2 Å². The van der Waals surface area contributed by atoms with Crippen LogP contribution in [0, 0.1) is 0 Å². The molecule has 3 rings (SSSR count). The maximum atomic E-state index is 12.2. The normalized spacial score (nSPS) is 20.6. The van der Waals surface area contributed by atoms with Gasteiger partial charge in [-0.05, 0) is 11.4 Å². The molecule has 23 heavy (non-hydrogen) atoms. The number of ether oxygens (including phenoxy) is 3. The molecule has 1 aromatic rings. The van der Waals surface area contributed by atoms with Crippen LogP contribution in [-0.4, -0.2) is 62.5 Å². The van der Waals surface area contributed by atoms with Crippen molar-refractivity contribution < 1.29 is 23.8 Å². The average Bonchev–Trinajstić information content (AvgIpc) is 3.19. The van der Waals surface area contributed by atoms with E-state index in [0.29, 0.717) is 23.8 Å². The van der Waals surface area contributed by atoms with Gasteiger partial charge in [-0.1, -0.05) is 0 Å². The van der Waals surface area contributed by atoms with E-state index < -0.39 is 11.8 Å². The summed E-state index contributed by atoms with van der Waals surface area (Å²) in [7, 11) is 1.32. The second-order valence-corrected chi connectivity index (χ2v) is 6.50. The lowest BCUT2D eigenvalue weighted by molar-refractivity contribution is -0.185. The Kier molecular flexibility index (Phi) is 4.96. The van der Waals surface area contributed by atoms with Crippen LogP contribution in [0.1, 0.15) is 22.5 Å².